The number of para-hydroxylation sites is 2. The second-order valence-corrected chi connectivity index (χ2v) is 5.84. The number of aromatic nitrogens is 3. The van der Waals surface area contributed by atoms with Gasteiger partial charge in [0.1, 0.15) is 5.82 Å². The van der Waals surface area contributed by atoms with Crippen LogP contribution < -0.4 is 0 Å². The summed E-state index contributed by atoms with van der Waals surface area (Å²) in [6, 6.07) is 8.18. The molecular formula is C14H14ClN3S. The zero-order valence-corrected chi connectivity index (χ0v) is 12.2. The number of rotatable bonds is 4. The van der Waals surface area contributed by atoms with E-state index in [9.17, 15) is 0 Å². The first kappa shape index (κ1) is 12.6. The van der Waals surface area contributed by atoms with Crippen molar-refractivity contribution in [2.75, 3.05) is 5.88 Å². The first-order valence-electron chi connectivity index (χ1n) is 6.19. The molecule has 0 aliphatic carbocycles. The van der Waals surface area contributed by atoms with Gasteiger partial charge in [0, 0.05) is 17.7 Å². The van der Waals surface area contributed by atoms with E-state index in [1.807, 2.05) is 25.1 Å². The minimum Gasteiger partial charge on any atom is -0.322 e. The van der Waals surface area contributed by atoms with Gasteiger partial charge in [-0.15, -0.1) is 22.9 Å². The molecule has 0 amide bonds. The number of benzene rings is 1. The molecule has 0 saturated heterocycles. The molecule has 5 heteroatoms. The second kappa shape index (κ2) is 5.31. The van der Waals surface area contributed by atoms with Crippen LogP contribution in [0.5, 0.6) is 0 Å². The average molecular weight is 292 g/mol. The molecule has 0 unspecified atom stereocenters. The van der Waals surface area contributed by atoms with Crippen LogP contribution in [0.4, 0.5) is 0 Å². The molecular weight excluding hydrogens is 278 g/mol. The van der Waals surface area contributed by atoms with Gasteiger partial charge in [0.15, 0.2) is 0 Å². The van der Waals surface area contributed by atoms with E-state index in [0.717, 1.165) is 40.5 Å². The standard InChI is InChI=1S/C14H14ClN3S/c1-10-16-11(9-19-10)8-18-13-5-3-2-4-12(13)17-14(18)6-7-15/h2-5,9H,6-8H2,1H3. The summed E-state index contributed by atoms with van der Waals surface area (Å²) in [5.41, 5.74) is 3.25. The van der Waals surface area contributed by atoms with Gasteiger partial charge in [-0.3, -0.25) is 0 Å². The lowest BCUT2D eigenvalue weighted by atomic mass is 10.3. The lowest BCUT2D eigenvalue weighted by Crippen LogP contribution is -2.06. The number of nitrogens with zero attached hydrogens (tertiary/aromatic N) is 3. The Morgan fingerprint density at radius 2 is 2.11 bits per heavy atom. The topological polar surface area (TPSA) is 30.7 Å². The fourth-order valence-electron chi connectivity index (χ4n) is 2.22. The van der Waals surface area contributed by atoms with Gasteiger partial charge in [-0.1, -0.05) is 12.1 Å². The van der Waals surface area contributed by atoms with E-state index < -0.39 is 0 Å². The van der Waals surface area contributed by atoms with Crippen LogP contribution in [-0.2, 0) is 13.0 Å². The summed E-state index contributed by atoms with van der Waals surface area (Å²) in [5.74, 6) is 1.61. The van der Waals surface area contributed by atoms with Crippen molar-refractivity contribution in [2.45, 2.75) is 19.9 Å². The van der Waals surface area contributed by atoms with E-state index in [4.69, 9.17) is 11.6 Å². The molecule has 0 radical (unpaired) electrons. The Balaban J connectivity index is 2.06. The van der Waals surface area contributed by atoms with Crippen LogP contribution >= 0.6 is 22.9 Å². The Labute approximate surface area is 120 Å². The zero-order chi connectivity index (χ0) is 13.2. The lowest BCUT2D eigenvalue weighted by Gasteiger charge is -2.06. The van der Waals surface area contributed by atoms with E-state index in [1.165, 1.54) is 0 Å². The maximum absolute atomic E-state index is 5.88. The molecule has 0 spiro atoms. The molecule has 2 heterocycles. The van der Waals surface area contributed by atoms with Gasteiger partial charge in [0.2, 0.25) is 0 Å². The van der Waals surface area contributed by atoms with Gasteiger partial charge >= 0.3 is 0 Å². The highest BCUT2D eigenvalue weighted by molar-refractivity contribution is 7.09. The molecule has 0 aliphatic heterocycles. The number of halogens is 1. The quantitative estimate of drug-likeness (QED) is 0.687. The third-order valence-corrected chi connectivity index (χ3v) is 4.05. The van der Waals surface area contributed by atoms with Crippen LogP contribution in [0.3, 0.4) is 0 Å². The van der Waals surface area contributed by atoms with Crippen molar-refractivity contribution in [3.63, 3.8) is 0 Å². The molecule has 2 aromatic heterocycles. The van der Waals surface area contributed by atoms with Gasteiger partial charge in [-0.25, -0.2) is 9.97 Å². The molecule has 3 rings (SSSR count). The van der Waals surface area contributed by atoms with Gasteiger partial charge in [0.25, 0.3) is 0 Å². The smallest absolute Gasteiger partial charge is 0.111 e. The maximum atomic E-state index is 5.88. The van der Waals surface area contributed by atoms with Crippen LogP contribution in [0.15, 0.2) is 29.6 Å². The number of hydrogen-bond donors (Lipinski definition) is 0. The van der Waals surface area contributed by atoms with Crippen LogP contribution in [0.2, 0.25) is 0 Å². The highest BCUT2D eigenvalue weighted by Crippen LogP contribution is 2.19. The van der Waals surface area contributed by atoms with Crippen molar-refractivity contribution >= 4 is 34.0 Å². The SMILES string of the molecule is Cc1nc(Cn2c(CCCl)nc3ccccc32)cs1. The number of aryl methyl sites for hydroxylation is 2. The number of fused-ring (bicyclic) bond motifs is 1. The van der Waals surface area contributed by atoms with Gasteiger partial charge in [0.05, 0.1) is 28.3 Å². The monoisotopic (exact) mass is 291 g/mol. The highest BCUT2D eigenvalue weighted by Gasteiger charge is 2.11. The largest absolute Gasteiger partial charge is 0.322 e. The molecule has 1 aromatic carbocycles. The molecule has 98 valence electrons. The molecule has 0 bridgehead atoms. The summed E-state index contributed by atoms with van der Waals surface area (Å²) in [6.07, 6.45) is 0.777. The minimum atomic E-state index is 0.583. The summed E-state index contributed by atoms with van der Waals surface area (Å²) < 4.78 is 2.21. The summed E-state index contributed by atoms with van der Waals surface area (Å²) in [4.78, 5) is 9.19. The van der Waals surface area contributed by atoms with Crippen molar-refractivity contribution in [2.24, 2.45) is 0 Å². The minimum absolute atomic E-state index is 0.583. The third kappa shape index (κ3) is 2.51. The van der Waals surface area contributed by atoms with Crippen molar-refractivity contribution in [3.05, 3.63) is 46.2 Å². The molecule has 0 aliphatic rings. The molecule has 3 nitrogen and oxygen atoms in total. The van der Waals surface area contributed by atoms with Gasteiger partial charge in [-0.2, -0.15) is 0 Å². The number of hydrogen-bond acceptors (Lipinski definition) is 3. The summed E-state index contributed by atoms with van der Waals surface area (Å²) in [6.45, 7) is 2.79. The Hall–Kier alpha value is -1.39. The maximum Gasteiger partial charge on any atom is 0.111 e. The van der Waals surface area contributed by atoms with Crippen LogP contribution in [-0.4, -0.2) is 20.4 Å². The summed E-state index contributed by atoms with van der Waals surface area (Å²) >= 11 is 7.56. The van der Waals surface area contributed by atoms with Crippen molar-refractivity contribution in [3.8, 4) is 0 Å². The third-order valence-electron chi connectivity index (χ3n) is 3.04. The Morgan fingerprint density at radius 1 is 1.26 bits per heavy atom. The Morgan fingerprint density at radius 3 is 2.84 bits per heavy atom. The van der Waals surface area contributed by atoms with Crippen molar-refractivity contribution in [1.82, 2.24) is 14.5 Å². The van der Waals surface area contributed by atoms with Crippen LogP contribution in [0.1, 0.15) is 16.5 Å². The lowest BCUT2D eigenvalue weighted by molar-refractivity contribution is 0.740. The first-order valence-corrected chi connectivity index (χ1v) is 7.60. The van der Waals surface area contributed by atoms with Crippen LogP contribution in [0, 0.1) is 6.92 Å². The molecule has 0 fully saturated rings. The number of imidazole rings is 1. The molecule has 0 N–H and O–H groups in total. The van der Waals surface area contributed by atoms with Crippen molar-refractivity contribution < 1.29 is 0 Å². The first-order chi connectivity index (χ1) is 9.28. The zero-order valence-electron chi connectivity index (χ0n) is 10.6. The molecule has 0 saturated carbocycles. The second-order valence-electron chi connectivity index (χ2n) is 4.40. The van der Waals surface area contributed by atoms with Gasteiger partial charge in [-0.05, 0) is 19.1 Å². The average Bonchev–Trinajstić information content (AvgIpc) is 2.96. The number of thiazole rings is 1. The highest BCUT2D eigenvalue weighted by atomic mass is 35.5. The predicted octanol–water partition coefficient (Wildman–Crippen LogP) is 3.63. The van der Waals surface area contributed by atoms with E-state index in [-0.39, 0.29) is 0 Å². The van der Waals surface area contributed by atoms with E-state index in [2.05, 4.69) is 26.0 Å². The van der Waals surface area contributed by atoms with Crippen LogP contribution in [0.25, 0.3) is 11.0 Å². The van der Waals surface area contributed by atoms with Crippen molar-refractivity contribution in [1.29, 1.82) is 0 Å². The Bertz CT molecular complexity index is 702. The molecule has 3 aromatic rings. The van der Waals surface area contributed by atoms with E-state index in [1.54, 1.807) is 11.3 Å². The fraction of sp³-hybridized carbons (Fsp3) is 0.286. The summed E-state index contributed by atoms with van der Waals surface area (Å²) in [7, 11) is 0. The summed E-state index contributed by atoms with van der Waals surface area (Å²) in [5, 5.41) is 3.20. The number of alkyl halides is 1. The van der Waals surface area contributed by atoms with Gasteiger partial charge < -0.3 is 4.57 Å². The molecule has 19 heavy (non-hydrogen) atoms. The predicted molar refractivity (Wildman–Crippen MR) is 80.1 cm³/mol. The molecule has 0 atom stereocenters. The van der Waals surface area contributed by atoms with E-state index >= 15 is 0 Å². The van der Waals surface area contributed by atoms with E-state index in [0.29, 0.717) is 5.88 Å². The normalized spacial score (nSPS) is 11.3. The fourth-order valence-corrected chi connectivity index (χ4v) is 2.99. The Kier molecular flexibility index (Phi) is 3.53.